The second-order valence-corrected chi connectivity index (χ2v) is 5.52. The van der Waals surface area contributed by atoms with Crippen molar-refractivity contribution < 1.29 is 15.0 Å². The van der Waals surface area contributed by atoms with Gasteiger partial charge in [-0.05, 0) is 49.9 Å². The van der Waals surface area contributed by atoms with Gasteiger partial charge in [0.15, 0.2) is 0 Å². The van der Waals surface area contributed by atoms with Gasteiger partial charge in [0.25, 0.3) is 5.91 Å². The summed E-state index contributed by atoms with van der Waals surface area (Å²) in [6.07, 6.45) is -0.921. The molecule has 0 aliphatic carbocycles. The van der Waals surface area contributed by atoms with Crippen molar-refractivity contribution in [3.05, 3.63) is 27.8 Å². The highest BCUT2D eigenvalue weighted by Gasteiger charge is 2.23. The Balaban J connectivity index is 3.30. The van der Waals surface area contributed by atoms with Gasteiger partial charge in [0, 0.05) is 31.9 Å². The van der Waals surface area contributed by atoms with Gasteiger partial charge in [-0.25, -0.2) is 0 Å². The summed E-state index contributed by atoms with van der Waals surface area (Å²) in [4.78, 5) is 14.1. The molecule has 118 valence electrons. The van der Waals surface area contributed by atoms with Crippen LogP contribution in [0.3, 0.4) is 0 Å². The maximum Gasteiger partial charge on any atom is 0.254 e. The summed E-state index contributed by atoms with van der Waals surface area (Å²) in [5, 5.41) is 21.6. The third-order valence-corrected chi connectivity index (χ3v) is 4.13. The minimum absolute atomic E-state index is 0.107. The molecule has 1 aromatic carbocycles. The number of carbonyl (C=O) groups is 1. The fourth-order valence-electron chi connectivity index (χ4n) is 2.69. The number of aliphatic hydroxyl groups is 2. The number of rotatable bonds is 5. The van der Waals surface area contributed by atoms with Crippen molar-refractivity contribution in [3.63, 3.8) is 0 Å². The lowest BCUT2D eigenvalue weighted by molar-refractivity contribution is 0.0519. The number of aliphatic hydroxyl groups excluding tert-OH is 2. The summed E-state index contributed by atoms with van der Waals surface area (Å²) in [5.74, 6) is -0.142. The van der Waals surface area contributed by atoms with E-state index in [2.05, 4.69) is 5.32 Å². The number of nitrogens with one attached hydrogen (secondary N) is 1. The van der Waals surface area contributed by atoms with Crippen molar-refractivity contribution in [2.24, 2.45) is 0 Å². The first-order chi connectivity index (χ1) is 9.76. The van der Waals surface area contributed by atoms with Crippen LogP contribution in [0, 0.1) is 27.7 Å². The minimum Gasteiger partial charge on any atom is -0.394 e. The van der Waals surface area contributed by atoms with Gasteiger partial charge in [-0.15, -0.1) is 0 Å². The van der Waals surface area contributed by atoms with Crippen LogP contribution in [0.1, 0.15) is 32.6 Å². The lowest BCUT2D eigenvalue weighted by Crippen LogP contribution is -2.36. The van der Waals surface area contributed by atoms with Crippen LogP contribution >= 0.6 is 0 Å². The van der Waals surface area contributed by atoms with E-state index in [1.807, 2.05) is 34.7 Å². The van der Waals surface area contributed by atoms with E-state index in [0.717, 1.165) is 27.9 Å². The summed E-state index contributed by atoms with van der Waals surface area (Å²) in [7, 11) is 3.48. The fraction of sp³-hybridized carbons (Fsp3) is 0.562. The molecule has 0 saturated heterocycles. The first kappa shape index (κ1) is 17.5. The molecule has 0 bridgehead atoms. The molecule has 5 heteroatoms. The normalized spacial score (nSPS) is 12.2. The Bertz CT molecular complexity index is 541. The second-order valence-electron chi connectivity index (χ2n) is 5.52. The van der Waals surface area contributed by atoms with Crippen LogP contribution in [0.5, 0.6) is 0 Å². The minimum atomic E-state index is -0.921. The fourth-order valence-corrected chi connectivity index (χ4v) is 2.69. The highest BCUT2D eigenvalue weighted by molar-refractivity contribution is 5.99. The third-order valence-electron chi connectivity index (χ3n) is 4.13. The Labute approximate surface area is 126 Å². The maximum atomic E-state index is 12.7. The van der Waals surface area contributed by atoms with Crippen molar-refractivity contribution in [1.29, 1.82) is 0 Å². The van der Waals surface area contributed by atoms with E-state index in [1.165, 1.54) is 4.90 Å². The molecule has 1 aromatic rings. The molecule has 0 saturated carbocycles. The molecule has 0 fully saturated rings. The molecule has 1 unspecified atom stereocenters. The summed E-state index contributed by atoms with van der Waals surface area (Å²) >= 11 is 0. The number of anilines is 1. The molecule has 1 atom stereocenters. The van der Waals surface area contributed by atoms with Gasteiger partial charge < -0.3 is 20.4 Å². The van der Waals surface area contributed by atoms with E-state index >= 15 is 0 Å². The van der Waals surface area contributed by atoms with Crippen molar-refractivity contribution in [3.8, 4) is 0 Å². The summed E-state index contributed by atoms with van der Waals surface area (Å²) in [5.41, 5.74) is 5.73. The van der Waals surface area contributed by atoms with Crippen LogP contribution in [0.2, 0.25) is 0 Å². The molecule has 0 aliphatic heterocycles. The second kappa shape index (κ2) is 6.91. The Morgan fingerprint density at radius 3 is 2.19 bits per heavy atom. The number of amides is 1. The van der Waals surface area contributed by atoms with Crippen molar-refractivity contribution in [2.45, 2.75) is 33.8 Å². The van der Waals surface area contributed by atoms with Crippen LogP contribution in [0.4, 0.5) is 5.69 Å². The zero-order chi connectivity index (χ0) is 16.3. The number of carbonyl (C=O) groups excluding carboxylic acids is 1. The number of hydrogen-bond acceptors (Lipinski definition) is 4. The molecule has 1 amide bonds. The standard InChI is InChI=1S/C16H26N2O3/c1-9-10(2)14(12(4)15(17-5)11(9)3)16(21)18(6)7-13(20)8-19/h13,17,19-20H,7-8H2,1-6H3. The van der Waals surface area contributed by atoms with Crippen LogP contribution in [-0.2, 0) is 0 Å². The van der Waals surface area contributed by atoms with Gasteiger partial charge >= 0.3 is 0 Å². The van der Waals surface area contributed by atoms with E-state index in [1.54, 1.807) is 7.05 Å². The van der Waals surface area contributed by atoms with Crippen LogP contribution in [0.25, 0.3) is 0 Å². The molecule has 0 spiro atoms. The first-order valence-corrected chi connectivity index (χ1v) is 7.08. The zero-order valence-electron chi connectivity index (χ0n) is 13.7. The quantitative estimate of drug-likeness (QED) is 0.767. The summed E-state index contributed by atoms with van der Waals surface area (Å²) in [6, 6.07) is 0. The van der Waals surface area contributed by atoms with Crippen LogP contribution < -0.4 is 5.32 Å². The van der Waals surface area contributed by atoms with E-state index in [4.69, 9.17) is 5.11 Å². The summed E-state index contributed by atoms with van der Waals surface area (Å²) < 4.78 is 0. The van der Waals surface area contributed by atoms with Gasteiger partial charge in [0.1, 0.15) is 0 Å². The molecule has 0 aliphatic rings. The molecule has 0 aromatic heterocycles. The van der Waals surface area contributed by atoms with Crippen molar-refractivity contribution >= 4 is 11.6 Å². The Morgan fingerprint density at radius 1 is 1.14 bits per heavy atom. The van der Waals surface area contributed by atoms with E-state index in [9.17, 15) is 9.90 Å². The average molecular weight is 294 g/mol. The van der Waals surface area contributed by atoms with E-state index in [0.29, 0.717) is 5.56 Å². The van der Waals surface area contributed by atoms with Crippen molar-refractivity contribution in [1.82, 2.24) is 4.90 Å². The Kier molecular flexibility index (Phi) is 5.75. The van der Waals surface area contributed by atoms with Crippen LogP contribution in [0.15, 0.2) is 0 Å². The number of hydrogen-bond donors (Lipinski definition) is 3. The average Bonchev–Trinajstić information content (AvgIpc) is 2.45. The van der Waals surface area contributed by atoms with Crippen molar-refractivity contribution in [2.75, 3.05) is 32.6 Å². The summed E-state index contributed by atoms with van der Waals surface area (Å²) in [6.45, 7) is 7.66. The molecular weight excluding hydrogens is 268 g/mol. The zero-order valence-corrected chi connectivity index (χ0v) is 13.7. The van der Waals surface area contributed by atoms with Gasteiger partial charge in [-0.1, -0.05) is 0 Å². The highest BCUT2D eigenvalue weighted by atomic mass is 16.3. The predicted octanol–water partition coefficient (Wildman–Crippen LogP) is 1.39. The molecule has 1 rings (SSSR count). The topological polar surface area (TPSA) is 72.8 Å². The highest BCUT2D eigenvalue weighted by Crippen LogP contribution is 2.31. The van der Waals surface area contributed by atoms with Gasteiger partial charge in [0.2, 0.25) is 0 Å². The molecule has 3 N–H and O–H groups in total. The lowest BCUT2D eigenvalue weighted by Gasteiger charge is -2.25. The van der Waals surface area contributed by atoms with E-state index < -0.39 is 6.10 Å². The Hall–Kier alpha value is -1.59. The number of nitrogens with zero attached hydrogens (tertiary/aromatic N) is 1. The number of likely N-dealkylation sites (N-methyl/N-ethyl adjacent to an activating group) is 1. The smallest absolute Gasteiger partial charge is 0.254 e. The van der Waals surface area contributed by atoms with Crippen LogP contribution in [-0.4, -0.2) is 54.4 Å². The largest absolute Gasteiger partial charge is 0.394 e. The Morgan fingerprint density at radius 2 is 1.71 bits per heavy atom. The maximum absolute atomic E-state index is 12.7. The first-order valence-electron chi connectivity index (χ1n) is 7.08. The lowest BCUT2D eigenvalue weighted by atomic mass is 9.91. The SMILES string of the molecule is CNc1c(C)c(C)c(C)c(C(=O)N(C)CC(O)CO)c1C. The monoisotopic (exact) mass is 294 g/mol. The third kappa shape index (κ3) is 3.36. The molecule has 21 heavy (non-hydrogen) atoms. The molecule has 0 radical (unpaired) electrons. The van der Waals surface area contributed by atoms with Gasteiger partial charge in [-0.2, -0.15) is 0 Å². The molecule has 5 nitrogen and oxygen atoms in total. The van der Waals surface area contributed by atoms with Gasteiger partial charge in [-0.3, -0.25) is 4.79 Å². The van der Waals surface area contributed by atoms with E-state index in [-0.39, 0.29) is 19.1 Å². The van der Waals surface area contributed by atoms with Gasteiger partial charge in [0.05, 0.1) is 12.7 Å². The predicted molar refractivity (Wildman–Crippen MR) is 85.0 cm³/mol. The molecule has 0 heterocycles. The molecular formula is C16H26N2O3. The number of benzene rings is 1.